The molecule has 3 aromatic rings. The Morgan fingerprint density at radius 3 is 2.38 bits per heavy atom. The number of alkyl halides is 3. The zero-order valence-corrected chi connectivity index (χ0v) is 20.3. The number of carbonyl (C=O) groups excluding carboxylic acids is 3. The van der Waals surface area contributed by atoms with Gasteiger partial charge in [-0.25, -0.2) is 13.4 Å². The van der Waals surface area contributed by atoms with Gasteiger partial charge in [0.15, 0.2) is 15.4 Å². The number of nitrogens with zero attached hydrogens (tertiary/aromatic N) is 2. The summed E-state index contributed by atoms with van der Waals surface area (Å²) in [6, 6.07) is 10.6. The van der Waals surface area contributed by atoms with Crippen LogP contribution >= 0.6 is 0 Å². The first kappa shape index (κ1) is 26.3. The lowest BCUT2D eigenvalue weighted by molar-refractivity contribution is -0.186. The number of ketones is 1. The number of aromatic nitrogens is 1. The number of hydrogen-bond acceptors (Lipinski definition) is 7. The standard InChI is InChI=1S/C24H22F3N3O6S/c1-2-16(20(31)22-29-17-10-6-7-11-19(17)36-22)28-21(32)18-12-15(13-30(18)23(33)24(25,26)27)37(34,35)14-8-4-3-5-9-14/h3-11,15-16,18H,2,12-13H2,1H3,(H,28,32)/t15-,16?,18+/m1/s1. The van der Waals surface area contributed by atoms with Crippen LogP contribution in [0.5, 0.6) is 0 Å². The van der Waals surface area contributed by atoms with Crippen LogP contribution in [0.3, 0.4) is 0 Å². The summed E-state index contributed by atoms with van der Waals surface area (Å²) in [6.45, 7) is 0.727. The SMILES string of the molecule is CCC(NC(=O)[C@@H]1C[C@@H](S(=O)(=O)c2ccccc2)CN1C(=O)C(F)(F)F)C(=O)c1nc2ccccc2o1. The first-order valence-corrected chi connectivity index (χ1v) is 12.8. The number of likely N-dealkylation sites (tertiary alicyclic amines) is 1. The molecule has 1 fully saturated rings. The maximum absolute atomic E-state index is 13.3. The average molecular weight is 538 g/mol. The highest BCUT2D eigenvalue weighted by Crippen LogP contribution is 2.32. The number of benzene rings is 2. The van der Waals surface area contributed by atoms with Gasteiger partial charge in [0.1, 0.15) is 11.6 Å². The smallest absolute Gasteiger partial charge is 0.434 e. The van der Waals surface area contributed by atoms with Crippen LogP contribution in [0.2, 0.25) is 0 Å². The van der Waals surface area contributed by atoms with Crippen molar-refractivity contribution in [3.05, 3.63) is 60.5 Å². The van der Waals surface area contributed by atoms with E-state index < -0.39 is 63.9 Å². The molecule has 2 aromatic carbocycles. The van der Waals surface area contributed by atoms with E-state index in [1.54, 1.807) is 37.3 Å². The molecular weight excluding hydrogens is 515 g/mol. The molecule has 37 heavy (non-hydrogen) atoms. The normalized spacial score (nSPS) is 19.1. The summed E-state index contributed by atoms with van der Waals surface area (Å²) in [6.07, 6.45) is -5.87. The molecule has 1 saturated heterocycles. The lowest BCUT2D eigenvalue weighted by atomic mass is 10.1. The monoisotopic (exact) mass is 537 g/mol. The molecule has 1 N–H and O–H groups in total. The van der Waals surface area contributed by atoms with Gasteiger partial charge in [-0.3, -0.25) is 14.4 Å². The fraction of sp³-hybridized carbons (Fsp3) is 0.333. The minimum Gasteiger partial charge on any atom is -0.434 e. The molecule has 0 aliphatic carbocycles. The van der Waals surface area contributed by atoms with Crippen molar-refractivity contribution in [2.45, 2.75) is 48.2 Å². The van der Waals surface area contributed by atoms with E-state index in [9.17, 15) is 36.0 Å². The molecule has 4 rings (SSSR count). The number of sulfone groups is 1. The molecule has 1 unspecified atom stereocenters. The summed E-state index contributed by atoms with van der Waals surface area (Å²) in [5, 5.41) is 0.901. The summed E-state index contributed by atoms with van der Waals surface area (Å²) < 4.78 is 71.5. The third-order valence-electron chi connectivity index (χ3n) is 6.13. The number of fused-ring (bicyclic) bond motifs is 1. The molecule has 2 amide bonds. The van der Waals surface area contributed by atoms with Crippen molar-refractivity contribution >= 4 is 38.5 Å². The third-order valence-corrected chi connectivity index (χ3v) is 8.27. The van der Waals surface area contributed by atoms with Crippen LogP contribution in [-0.2, 0) is 19.4 Å². The molecule has 0 spiro atoms. The van der Waals surface area contributed by atoms with Crippen molar-refractivity contribution in [2.75, 3.05) is 6.54 Å². The number of nitrogens with one attached hydrogen (secondary N) is 1. The van der Waals surface area contributed by atoms with Crippen molar-refractivity contribution in [1.29, 1.82) is 0 Å². The average Bonchev–Trinajstić information content (AvgIpc) is 3.51. The summed E-state index contributed by atoms with van der Waals surface area (Å²) in [7, 11) is -4.16. The minimum atomic E-state index is -5.33. The van der Waals surface area contributed by atoms with E-state index in [0.29, 0.717) is 11.1 Å². The second kappa shape index (κ2) is 9.96. The topological polar surface area (TPSA) is 127 Å². The molecule has 0 bridgehead atoms. The quantitative estimate of drug-likeness (QED) is 0.459. The molecular formula is C24H22F3N3O6S. The van der Waals surface area contributed by atoms with E-state index >= 15 is 0 Å². The summed E-state index contributed by atoms with van der Waals surface area (Å²) in [4.78, 5) is 42.3. The van der Waals surface area contributed by atoms with Crippen LogP contribution in [-0.4, -0.2) is 66.0 Å². The minimum absolute atomic E-state index is 0.0367. The Bertz CT molecular complexity index is 1410. The molecule has 1 aromatic heterocycles. The van der Waals surface area contributed by atoms with Crippen LogP contribution in [0.15, 0.2) is 63.9 Å². The lowest BCUT2D eigenvalue weighted by Gasteiger charge is -2.26. The maximum Gasteiger partial charge on any atom is 0.471 e. The Hall–Kier alpha value is -3.74. The second-order valence-electron chi connectivity index (χ2n) is 8.51. The number of Topliss-reactive ketones (excluding diaryl/α,β-unsaturated/α-hetero) is 1. The highest BCUT2D eigenvalue weighted by molar-refractivity contribution is 7.92. The first-order chi connectivity index (χ1) is 17.4. The predicted octanol–water partition coefficient (Wildman–Crippen LogP) is 2.91. The Balaban J connectivity index is 1.59. The van der Waals surface area contributed by atoms with Gasteiger partial charge in [0.2, 0.25) is 11.7 Å². The van der Waals surface area contributed by atoms with E-state index in [0.717, 1.165) is 0 Å². The number of carbonyl (C=O) groups is 3. The Kier molecular flexibility index (Phi) is 7.09. The van der Waals surface area contributed by atoms with E-state index in [-0.39, 0.29) is 22.1 Å². The number of amides is 2. The fourth-order valence-corrected chi connectivity index (χ4v) is 5.92. The summed E-state index contributed by atoms with van der Waals surface area (Å²) in [5.41, 5.74) is 0.734. The largest absolute Gasteiger partial charge is 0.471 e. The molecule has 2 heterocycles. The lowest BCUT2D eigenvalue weighted by Crippen LogP contribution is -2.53. The van der Waals surface area contributed by atoms with Crippen LogP contribution < -0.4 is 5.32 Å². The van der Waals surface area contributed by atoms with Crippen LogP contribution in [0.1, 0.15) is 30.5 Å². The molecule has 3 atom stereocenters. The van der Waals surface area contributed by atoms with Gasteiger partial charge in [-0.05, 0) is 37.1 Å². The van der Waals surface area contributed by atoms with Crippen LogP contribution in [0.4, 0.5) is 13.2 Å². The van der Waals surface area contributed by atoms with E-state index in [1.165, 1.54) is 24.3 Å². The number of rotatable bonds is 7. The molecule has 0 radical (unpaired) electrons. The van der Waals surface area contributed by atoms with Crippen LogP contribution in [0.25, 0.3) is 11.1 Å². The highest BCUT2D eigenvalue weighted by atomic mass is 32.2. The maximum atomic E-state index is 13.3. The van der Waals surface area contributed by atoms with Crippen molar-refractivity contribution in [3.63, 3.8) is 0 Å². The van der Waals surface area contributed by atoms with Crippen molar-refractivity contribution in [2.24, 2.45) is 0 Å². The van der Waals surface area contributed by atoms with E-state index in [1.807, 2.05) is 0 Å². The fourth-order valence-electron chi connectivity index (χ4n) is 4.21. The van der Waals surface area contributed by atoms with Gasteiger partial charge in [0.05, 0.1) is 16.2 Å². The van der Waals surface area contributed by atoms with Gasteiger partial charge in [-0.1, -0.05) is 37.3 Å². The van der Waals surface area contributed by atoms with Gasteiger partial charge in [-0.15, -0.1) is 0 Å². The van der Waals surface area contributed by atoms with Crippen molar-refractivity contribution in [1.82, 2.24) is 15.2 Å². The predicted molar refractivity (Wildman–Crippen MR) is 124 cm³/mol. The summed E-state index contributed by atoms with van der Waals surface area (Å²) in [5.74, 6) is -4.43. The zero-order valence-electron chi connectivity index (χ0n) is 19.4. The second-order valence-corrected chi connectivity index (χ2v) is 10.7. The van der Waals surface area contributed by atoms with E-state index in [2.05, 4.69) is 10.3 Å². The Labute approximate surface area is 209 Å². The van der Waals surface area contributed by atoms with E-state index in [4.69, 9.17) is 4.42 Å². The summed E-state index contributed by atoms with van der Waals surface area (Å²) >= 11 is 0. The molecule has 9 nitrogen and oxygen atoms in total. The number of hydrogen-bond donors (Lipinski definition) is 1. The molecule has 1 aliphatic rings. The van der Waals surface area contributed by atoms with Crippen LogP contribution in [0, 0.1) is 0 Å². The number of para-hydroxylation sites is 2. The van der Waals surface area contributed by atoms with Gasteiger partial charge >= 0.3 is 12.1 Å². The number of oxazole rings is 1. The van der Waals surface area contributed by atoms with Gasteiger partial charge in [0.25, 0.3) is 5.89 Å². The molecule has 0 saturated carbocycles. The molecule has 1 aliphatic heterocycles. The van der Waals surface area contributed by atoms with Crippen molar-refractivity contribution in [3.8, 4) is 0 Å². The Morgan fingerprint density at radius 1 is 1.11 bits per heavy atom. The zero-order chi connectivity index (χ0) is 27.0. The first-order valence-electron chi connectivity index (χ1n) is 11.3. The van der Waals surface area contributed by atoms with Gasteiger partial charge in [-0.2, -0.15) is 13.2 Å². The molecule has 196 valence electrons. The van der Waals surface area contributed by atoms with Gasteiger partial charge in [0, 0.05) is 6.54 Å². The van der Waals surface area contributed by atoms with Crippen molar-refractivity contribution < 1.29 is 40.4 Å². The third kappa shape index (κ3) is 5.22. The number of halogens is 3. The van der Waals surface area contributed by atoms with Gasteiger partial charge < -0.3 is 14.6 Å². The molecule has 13 heteroatoms. The Morgan fingerprint density at radius 2 is 1.76 bits per heavy atom. The highest BCUT2D eigenvalue weighted by Gasteiger charge is 2.52.